The maximum absolute atomic E-state index is 12.2. The molecule has 2 N–H and O–H groups in total. The van der Waals surface area contributed by atoms with E-state index in [0.29, 0.717) is 27.6 Å². The van der Waals surface area contributed by atoms with Crippen molar-refractivity contribution in [2.75, 3.05) is 13.7 Å². The second kappa shape index (κ2) is 11.4. The lowest BCUT2D eigenvalue weighted by Crippen LogP contribution is -2.34. The normalized spacial score (nSPS) is 11.2. The molecule has 34 heavy (non-hydrogen) atoms. The number of carbonyl (C=O) groups excluding carboxylic acids is 2. The number of hydrazone groups is 1. The van der Waals surface area contributed by atoms with Gasteiger partial charge in [0.2, 0.25) is 10.0 Å². The Hall–Kier alpha value is -3.73. The van der Waals surface area contributed by atoms with Gasteiger partial charge in [-0.15, -0.1) is 0 Å². The molecule has 0 radical (unpaired) electrons. The number of rotatable bonds is 9. The number of nitrogens with one attached hydrogen (secondary N) is 2. The second-order valence-corrected chi connectivity index (χ2v) is 8.96. The first-order valence-electron chi connectivity index (χ1n) is 9.80. The van der Waals surface area contributed by atoms with Gasteiger partial charge in [0.1, 0.15) is 11.5 Å². The molecule has 3 aromatic rings. The number of ether oxygens (including phenoxy) is 2. The number of benzene rings is 3. The summed E-state index contributed by atoms with van der Waals surface area (Å²) in [6.07, 6.45) is 1.36. The molecule has 0 aliphatic carbocycles. The fourth-order valence-corrected chi connectivity index (χ4v) is 3.70. The molecule has 9 nitrogen and oxygen atoms in total. The molecule has 0 bridgehead atoms. The highest BCUT2D eigenvalue weighted by Crippen LogP contribution is 2.16. The molecule has 0 aliphatic heterocycles. The van der Waals surface area contributed by atoms with Crippen LogP contribution in [0.4, 0.5) is 0 Å². The largest absolute Gasteiger partial charge is 0.497 e. The third-order valence-corrected chi connectivity index (χ3v) is 6.04. The molecular weight excluding hydrogens is 482 g/mol. The summed E-state index contributed by atoms with van der Waals surface area (Å²) in [5.41, 5.74) is 3.22. The minimum absolute atomic E-state index is 0.0130. The summed E-state index contributed by atoms with van der Waals surface area (Å²) in [6.45, 7) is -0.497. The zero-order valence-electron chi connectivity index (χ0n) is 17.9. The Labute approximate surface area is 201 Å². The molecule has 0 atom stereocenters. The smallest absolute Gasteiger partial charge is 0.343 e. The van der Waals surface area contributed by atoms with E-state index in [1.165, 1.54) is 37.6 Å². The van der Waals surface area contributed by atoms with Crippen molar-refractivity contribution < 1.29 is 27.5 Å². The molecule has 11 heteroatoms. The minimum atomic E-state index is -3.86. The first kappa shape index (κ1) is 24.9. The molecule has 3 rings (SSSR count). The summed E-state index contributed by atoms with van der Waals surface area (Å²) >= 11 is 5.74. The Kier molecular flexibility index (Phi) is 8.36. The number of amides is 1. The predicted octanol–water partition coefficient (Wildman–Crippen LogP) is 3.00. The van der Waals surface area contributed by atoms with Crippen LogP contribution in [0.2, 0.25) is 5.02 Å². The van der Waals surface area contributed by atoms with Gasteiger partial charge >= 0.3 is 5.97 Å². The van der Waals surface area contributed by atoms with Gasteiger partial charge in [-0.05, 0) is 78.4 Å². The number of methoxy groups -OCH3 is 1. The second-order valence-electron chi connectivity index (χ2n) is 6.76. The van der Waals surface area contributed by atoms with Crippen molar-refractivity contribution in [1.82, 2.24) is 10.1 Å². The van der Waals surface area contributed by atoms with Gasteiger partial charge in [-0.3, -0.25) is 4.79 Å². The SMILES string of the molecule is COc1ccc(C(=O)Oc2ccc(C=NNC(=O)CNS(=O)(=O)c3ccc(Cl)cc3)cc2)cc1. The van der Waals surface area contributed by atoms with Crippen LogP contribution in [0.5, 0.6) is 11.5 Å². The van der Waals surface area contributed by atoms with Crippen LogP contribution in [-0.4, -0.2) is 40.2 Å². The predicted molar refractivity (Wildman–Crippen MR) is 127 cm³/mol. The van der Waals surface area contributed by atoms with Crippen molar-refractivity contribution in [2.45, 2.75) is 4.90 Å². The molecule has 1 amide bonds. The lowest BCUT2D eigenvalue weighted by Gasteiger charge is -2.06. The number of esters is 1. The Morgan fingerprint density at radius 3 is 2.18 bits per heavy atom. The summed E-state index contributed by atoms with van der Waals surface area (Å²) < 4.78 is 36.9. The molecule has 0 saturated carbocycles. The standard InChI is InChI=1S/C23H20ClN3O6S/c1-32-19-10-4-17(5-11-19)23(29)33-20-8-2-16(3-9-20)14-25-27-22(28)15-26-34(30,31)21-12-6-18(24)7-13-21/h2-14,26H,15H2,1H3,(H,27,28). The molecule has 0 unspecified atom stereocenters. The molecule has 176 valence electrons. The summed E-state index contributed by atoms with van der Waals surface area (Å²) in [5.74, 6) is -0.207. The van der Waals surface area contributed by atoms with Crippen molar-refractivity contribution in [3.05, 3.63) is 88.9 Å². The van der Waals surface area contributed by atoms with Gasteiger partial charge in [0.05, 0.1) is 30.3 Å². The van der Waals surface area contributed by atoms with Gasteiger partial charge in [-0.2, -0.15) is 5.10 Å². The highest BCUT2D eigenvalue weighted by atomic mass is 35.5. The first-order valence-corrected chi connectivity index (χ1v) is 11.7. The van der Waals surface area contributed by atoms with Crippen LogP contribution in [0.3, 0.4) is 0 Å². The Balaban J connectivity index is 1.47. The van der Waals surface area contributed by atoms with Crippen molar-refractivity contribution in [3.63, 3.8) is 0 Å². The monoisotopic (exact) mass is 501 g/mol. The lowest BCUT2D eigenvalue weighted by atomic mass is 10.2. The highest BCUT2D eigenvalue weighted by molar-refractivity contribution is 7.89. The molecule has 0 spiro atoms. The maximum Gasteiger partial charge on any atom is 0.343 e. The van der Waals surface area contributed by atoms with Crippen LogP contribution in [0.15, 0.2) is 82.8 Å². The number of nitrogens with zero attached hydrogens (tertiary/aromatic N) is 1. The number of halogens is 1. The van der Waals surface area contributed by atoms with Gasteiger partial charge in [-0.1, -0.05) is 11.6 Å². The van der Waals surface area contributed by atoms with Crippen molar-refractivity contribution in [2.24, 2.45) is 5.10 Å². The molecule has 0 aromatic heterocycles. The number of carbonyl (C=O) groups is 2. The van der Waals surface area contributed by atoms with Crippen LogP contribution in [-0.2, 0) is 14.8 Å². The van der Waals surface area contributed by atoms with Crippen LogP contribution in [0.25, 0.3) is 0 Å². The summed E-state index contributed by atoms with van der Waals surface area (Å²) in [5, 5.41) is 4.18. The quantitative estimate of drug-likeness (QED) is 0.201. The van der Waals surface area contributed by atoms with Gasteiger partial charge in [0.15, 0.2) is 0 Å². The van der Waals surface area contributed by atoms with Gasteiger partial charge in [0.25, 0.3) is 5.91 Å². The van der Waals surface area contributed by atoms with E-state index in [0.717, 1.165) is 0 Å². The van der Waals surface area contributed by atoms with E-state index in [4.69, 9.17) is 21.1 Å². The minimum Gasteiger partial charge on any atom is -0.497 e. The van der Waals surface area contributed by atoms with Crippen molar-refractivity contribution >= 4 is 39.7 Å². The zero-order valence-corrected chi connectivity index (χ0v) is 19.5. The van der Waals surface area contributed by atoms with E-state index in [2.05, 4.69) is 15.2 Å². The topological polar surface area (TPSA) is 123 Å². The average Bonchev–Trinajstić information content (AvgIpc) is 2.84. The first-order chi connectivity index (χ1) is 16.3. The molecular formula is C23H20ClN3O6S. The maximum atomic E-state index is 12.2. The third-order valence-electron chi connectivity index (χ3n) is 4.37. The van der Waals surface area contributed by atoms with Gasteiger partial charge in [0, 0.05) is 5.02 Å². The van der Waals surface area contributed by atoms with E-state index in [1.54, 1.807) is 48.5 Å². The van der Waals surface area contributed by atoms with E-state index in [-0.39, 0.29) is 4.90 Å². The highest BCUT2D eigenvalue weighted by Gasteiger charge is 2.15. The fourth-order valence-electron chi connectivity index (χ4n) is 2.59. The van der Waals surface area contributed by atoms with E-state index >= 15 is 0 Å². The number of hydrogen-bond acceptors (Lipinski definition) is 7. The number of hydrogen-bond donors (Lipinski definition) is 2. The molecule has 0 fully saturated rings. The molecule has 3 aromatic carbocycles. The Morgan fingerprint density at radius 2 is 1.56 bits per heavy atom. The number of sulfonamides is 1. The van der Waals surface area contributed by atoms with E-state index < -0.39 is 28.4 Å². The van der Waals surface area contributed by atoms with Gasteiger partial charge in [-0.25, -0.2) is 23.4 Å². The Morgan fingerprint density at radius 1 is 0.941 bits per heavy atom. The average molecular weight is 502 g/mol. The summed E-state index contributed by atoms with van der Waals surface area (Å²) in [6, 6.07) is 18.5. The third kappa shape index (κ3) is 7.14. The van der Waals surface area contributed by atoms with Crippen LogP contribution >= 0.6 is 11.6 Å². The van der Waals surface area contributed by atoms with E-state index in [1.807, 2.05) is 0 Å². The Bertz CT molecular complexity index is 1280. The van der Waals surface area contributed by atoms with Crippen LogP contribution in [0, 0.1) is 0 Å². The summed E-state index contributed by atoms with van der Waals surface area (Å²) in [4.78, 5) is 24.1. The zero-order chi connectivity index (χ0) is 24.6. The summed E-state index contributed by atoms with van der Waals surface area (Å²) in [7, 11) is -2.32. The molecule has 0 aliphatic rings. The lowest BCUT2D eigenvalue weighted by molar-refractivity contribution is -0.119. The van der Waals surface area contributed by atoms with Crippen molar-refractivity contribution in [3.8, 4) is 11.5 Å². The molecule has 0 heterocycles. The van der Waals surface area contributed by atoms with Gasteiger partial charge < -0.3 is 9.47 Å². The van der Waals surface area contributed by atoms with Crippen LogP contribution in [0.1, 0.15) is 15.9 Å². The van der Waals surface area contributed by atoms with E-state index in [9.17, 15) is 18.0 Å². The fraction of sp³-hybridized carbons (Fsp3) is 0.0870. The van der Waals surface area contributed by atoms with Crippen molar-refractivity contribution in [1.29, 1.82) is 0 Å². The molecule has 0 saturated heterocycles. The van der Waals surface area contributed by atoms with Crippen LogP contribution < -0.4 is 19.6 Å².